The number of anilines is 1. The van der Waals surface area contributed by atoms with Crippen LogP contribution in [-0.4, -0.2) is 11.8 Å². The van der Waals surface area contributed by atoms with E-state index in [9.17, 15) is 9.59 Å². The van der Waals surface area contributed by atoms with Crippen molar-refractivity contribution in [2.45, 2.75) is 19.9 Å². The summed E-state index contributed by atoms with van der Waals surface area (Å²) in [7, 11) is 0. The molecule has 2 aromatic carbocycles. The molecule has 0 saturated heterocycles. The van der Waals surface area contributed by atoms with Gasteiger partial charge in [-0.2, -0.15) is 0 Å². The molecule has 124 valence electrons. The van der Waals surface area contributed by atoms with Gasteiger partial charge in [0.15, 0.2) is 0 Å². The van der Waals surface area contributed by atoms with Crippen molar-refractivity contribution in [1.29, 1.82) is 0 Å². The lowest BCUT2D eigenvalue weighted by molar-refractivity contribution is -0.125. The molecule has 0 radical (unpaired) electrons. The van der Waals surface area contributed by atoms with Crippen LogP contribution in [0.3, 0.4) is 0 Å². The van der Waals surface area contributed by atoms with Crippen molar-refractivity contribution in [2.75, 3.05) is 5.32 Å². The number of carbonyl (C=O) groups is 2. The Balaban J connectivity index is 1.48. The van der Waals surface area contributed by atoms with Crippen LogP contribution in [0.1, 0.15) is 17.5 Å². The molecule has 2 N–H and O–H groups in total. The standard InChI is InChI=1S/C19H19ClN2O2/c1-12-3-2-4-13(9-12)11-21-18(23)16-10-17(16)19(24)22-15-7-5-14(20)6-8-15/h2-9,16-17H,10-11H2,1H3,(H,21,23)(H,22,24). The Morgan fingerprint density at radius 2 is 1.79 bits per heavy atom. The van der Waals surface area contributed by atoms with Crippen LogP contribution >= 0.6 is 11.6 Å². The first-order valence-corrected chi connectivity index (χ1v) is 8.30. The summed E-state index contributed by atoms with van der Waals surface area (Å²) >= 11 is 5.82. The summed E-state index contributed by atoms with van der Waals surface area (Å²) in [5.41, 5.74) is 2.91. The van der Waals surface area contributed by atoms with E-state index in [2.05, 4.69) is 10.6 Å². The highest BCUT2D eigenvalue weighted by Crippen LogP contribution is 2.39. The van der Waals surface area contributed by atoms with Crippen molar-refractivity contribution in [3.63, 3.8) is 0 Å². The summed E-state index contributed by atoms with van der Waals surface area (Å²) in [6, 6.07) is 14.9. The minimum atomic E-state index is -0.252. The molecule has 0 aromatic heterocycles. The molecular weight excluding hydrogens is 324 g/mol. The largest absolute Gasteiger partial charge is 0.352 e. The fourth-order valence-electron chi connectivity index (χ4n) is 2.69. The lowest BCUT2D eigenvalue weighted by Gasteiger charge is -2.07. The lowest BCUT2D eigenvalue weighted by Crippen LogP contribution is -2.27. The van der Waals surface area contributed by atoms with E-state index in [4.69, 9.17) is 11.6 Å². The van der Waals surface area contributed by atoms with E-state index in [1.165, 1.54) is 0 Å². The highest BCUT2D eigenvalue weighted by molar-refractivity contribution is 6.30. The Labute approximate surface area is 146 Å². The Morgan fingerprint density at radius 1 is 1.08 bits per heavy atom. The van der Waals surface area contributed by atoms with Gasteiger partial charge in [0.2, 0.25) is 11.8 Å². The van der Waals surface area contributed by atoms with Crippen LogP contribution in [0.4, 0.5) is 5.69 Å². The predicted octanol–water partition coefficient (Wildman–Crippen LogP) is 3.54. The van der Waals surface area contributed by atoms with Crippen molar-refractivity contribution in [2.24, 2.45) is 11.8 Å². The van der Waals surface area contributed by atoms with E-state index in [1.807, 2.05) is 31.2 Å². The number of rotatable bonds is 5. The second-order valence-corrected chi connectivity index (χ2v) is 6.59. The summed E-state index contributed by atoms with van der Waals surface area (Å²) < 4.78 is 0. The Morgan fingerprint density at radius 3 is 2.50 bits per heavy atom. The minimum absolute atomic E-state index is 0.0623. The first kappa shape index (κ1) is 16.5. The van der Waals surface area contributed by atoms with Gasteiger partial charge < -0.3 is 10.6 Å². The number of hydrogen-bond donors (Lipinski definition) is 2. The van der Waals surface area contributed by atoms with Gasteiger partial charge in [-0.15, -0.1) is 0 Å². The molecule has 0 bridgehead atoms. The van der Waals surface area contributed by atoms with Crippen molar-refractivity contribution >= 4 is 29.1 Å². The number of halogens is 1. The summed E-state index contributed by atoms with van der Waals surface area (Å²) in [6.07, 6.45) is 0.596. The maximum Gasteiger partial charge on any atom is 0.228 e. The number of aryl methyl sites for hydroxylation is 1. The van der Waals surface area contributed by atoms with Crippen molar-refractivity contribution in [3.05, 3.63) is 64.7 Å². The monoisotopic (exact) mass is 342 g/mol. The van der Waals surface area contributed by atoms with Crippen molar-refractivity contribution in [3.8, 4) is 0 Å². The van der Waals surface area contributed by atoms with E-state index in [-0.39, 0.29) is 23.7 Å². The van der Waals surface area contributed by atoms with Crippen LogP contribution in [0.5, 0.6) is 0 Å². The van der Waals surface area contributed by atoms with Gasteiger partial charge in [0.05, 0.1) is 11.8 Å². The van der Waals surface area contributed by atoms with E-state index >= 15 is 0 Å². The third kappa shape index (κ3) is 4.15. The SMILES string of the molecule is Cc1cccc(CNC(=O)C2CC2C(=O)Nc2ccc(Cl)cc2)c1. The molecule has 4 nitrogen and oxygen atoms in total. The average molecular weight is 343 g/mol. The Bertz CT molecular complexity index is 758. The zero-order chi connectivity index (χ0) is 17.1. The fraction of sp³-hybridized carbons (Fsp3) is 0.263. The summed E-state index contributed by atoms with van der Waals surface area (Å²) in [6.45, 7) is 2.51. The molecule has 2 aromatic rings. The van der Waals surface area contributed by atoms with Crippen LogP contribution in [0, 0.1) is 18.8 Å². The van der Waals surface area contributed by atoms with Gasteiger partial charge in [-0.25, -0.2) is 0 Å². The van der Waals surface area contributed by atoms with Gasteiger partial charge in [0.1, 0.15) is 0 Å². The number of benzene rings is 2. The van der Waals surface area contributed by atoms with Crippen molar-refractivity contribution < 1.29 is 9.59 Å². The second kappa shape index (κ2) is 7.05. The average Bonchev–Trinajstić information content (AvgIpc) is 3.36. The van der Waals surface area contributed by atoms with Crippen LogP contribution < -0.4 is 10.6 Å². The number of amides is 2. The fourth-order valence-corrected chi connectivity index (χ4v) is 2.81. The molecule has 0 spiro atoms. The van der Waals surface area contributed by atoms with Gasteiger partial charge in [0, 0.05) is 17.3 Å². The molecular formula is C19H19ClN2O2. The van der Waals surface area contributed by atoms with Crippen LogP contribution in [0.15, 0.2) is 48.5 Å². The van der Waals surface area contributed by atoms with Crippen LogP contribution in [0.2, 0.25) is 5.02 Å². The number of nitrogens with one attached hydrogen (secondary N) is 2. The van der Waals surface area contributed by atoms with Gasteiger partial charge in [0.25, 0.3) is 0 Å². The molecule has 1 saturated carbocycles. The topological polar surface area (TPSA) is 58.2 Å². The summed E-state index contributed by atoms with van der Waals surface area (Å²) in [4.78, 5) is 24.3. The third-order valence-electron chi connectivity index (χ3n) is 4.12. The smallest absolute Gasteiger partial charge is 0.228 e. The molecule has 24 heavy (non-hydrogen) atoms. The van der Waals surface area contributed by atoms with Gasteiger partial charge in [-0.05, 0) is 43.2 Å². The second-order valence-electron chi connectivity index (χ2n) is 6.15. The van der Waals surface area contributed by atoms with Crippen LogP contribution in [-0.2, 0) is 16.1 Å². The van der Waals surface area contributed by atoms with Crippen LogP contribution in [0.25, 0.3) is 0 Å². The Kier molecular flexibility index (Phi) is 4.86. The molecule has 3 rings (SSSR count). The summed E-state index contributed by atoms with van der Waals surface area (Å²) in [5, 5.41) is 6.35. The molecule has 1 fully saturated rings. The third-order valence-corrected chi connectivity index (χ3v) is 4.38. The van der Waals surface area contributed by atoms with Gasteiger partial charge in [-0.3, -0.25) is 9.59 Å². The van der Waals surface area contributed by atoms with Gasteiger partial charge >= 0.3 is 0 Å². The molecule has 2 atom stereocenters. The summed E-state index contributed by atoms with van der Waals surface area (Å²) in [5.74, 6) is -0.666. The minimum Gasteiger partial charge on any atom is -0.352 e. The number of carbonyl (C=O) groups excluding carboxylic acids is 2. The van der Waals surface area contributed by atoms with E-state index < -0.39 is 0 Å². The number of hydrogen-bond acceptors (Lipinski definition) is 2. The molecule has 5 heteroatoms. The normalized spacial score (nSPS) is 18.8. The molecule has 1 aliphatic carbocycles. The van der Waals surface area contributed by atoms with E-state index in [0.29, 0.717) is 23.7 Å². The zero-order valence-electron chi connectivity index (χ0n) is 13.4. The quantitative estimate of drug-likeness (QED) is 0.873. The van der Waals surface area contributed by atoms with E-state index in [1.54, 1.807) is 24.3 Å². The maximum absolute atomic E-state index is 12.2. The lowest BCUT2D eigenvalue weighted by atomic mass is 10.1. The molecule has 2 amide bonds. The molecule has 1 aliphatic rings. The molecule has 2 unspecified atom stereocenters. The van der Waals surface area contributed by atoms with Gasteiger partial charge in [-0.1, -0.05) is 41.4 Å². The van der Waals surface area contributed by atoms with Crippen molar-refractivity contribution in [1.82, 2.24) is 5.32 Å². The zero-order valence-corrected chi connectivity index (χ0v) is 14.1. The highest BCUT2D eigenvalue weighted by atomic mass is 35.5. The highest BCUT2D eigenvalue weighted by Gasteiger charge is 2.47. The molecule has 0 heterocycles. The Hall–Kier alpha value is -2.33. The first-order valence-electron chi connectivity index (χ1n) is 7.92. The van der Waals surface area contributed by atoms with E-state index in [0.717, 1.165) is 11.1 Å². The molecule has 0 aliphatic heterocycles. The predicted molar refractivity (Wildman–Crippen MR) is 94.7 cm³/mol. The maximum atomic E-state index is 12.2. The first-order chi connectivity index (χ1) is 11.5.